The number of aliphatic hydroxyl groups is 3. The van der Waals surface area contributed by atoms with Gasteiger partial charge in [-0.25, -0.2) is 32.2 Å². The van der Waals surface area contributed by atoms with Gasteiger partial charge in [0.15, 0.2) is 19.9 Å². The molecule has 4 unspecified atom stereocenters. The van der Waals surface area contributed by atoms with E-state index in [-0.39, 0.29) is 23.5 Å². The van der Waals surface area contributed by atoms with Crippen molar-refractivity contribution < 1.29 is 103 Å². The fourth-order valence-electron chi connectivity index (χ4n) is 8.00. The Morgan fingerprint density at radius 2 is 1.31 bits per heavy atom. The molecule has 16 atom stereocenters. The van der Waals surface area contributed by atoms with Crippen molar-refractivity contribution in [3.8, 4) is 0 Å². The number of methoxy groups -OCH3 is 1. The van der Waals surface area contributed by atoms with Crippen molar-refractivity contribution in [3.05, 3.63) is 82.9 Å². The Morgan fingerprint density at radius 1 is 0.760 bits per heavy atom. The van der Waals surface area contributed by atoms with Crippen molar-refractivity contribution in [2.75, 3.05) is 46.8 Å². The van der Waals surface area contributed by atoms with Crippen LogP contribution in [0.2, 0.25) is 0 Å². The number of H-pyrrole nitrogens is 3. The summed E-state index contributed by atoms with van der Waals surface area (Å²) >= 11 is 0. The number of nitrogens with zero attached hydrogens (tertiary/aromatic N) is 6. The number of fused-ring (bicyclic) bond motifs is 1. The number of phosphoric acid groups is 3. The van der Waals surface area contributed by atoms with Gasteiger partial charge >= 0.3 is 40.4 Å². The molecule has 3 saturated heterocycles. The van der Waals surface area contributed by atoms with Crippen molar-refractivity contribution in [2.24, 2.45) is 13.0 Å². The Balaban J connectivity index is 1.03. The maximum atomic E-state index is 13.7. The average Bonchev–Trinajstić information content (AvgIpc) is 3.99. The molecule has 3 aliphatic heterocycles. The number of anilines is 1. The Labute approximate surface area is 419 Å². The lowest BCUT2D eigenvalue weighted by molar-refractivity contribution is -0.646. The first-order valence-electron chi connectivity index (χ1n) is 21.2. The van der Waals surface area contributed by atoms with Gasteiger partial charge in [0.25, 0.3) is 22.3 Å². The molecule has 416 valence electrons. The second kappa shape index (κ2) is 22.4. The number of aryl methyl sites for hydroxylation is 1. The number of phosphoric ester groups is 2. The summed E-state index contributed by atoms with van der Waals surface area (Å²) in [5.41, 5.74) is 1.32. The zero-order valence-corrected chi connectivity index (χ0v) is 42.1. The summed E-state index contributed by atoms with van der Waals surface area (Å²) in [4.78, 5) is 118. The second-order valence-corrected chi connectivity index (χ2v) is 22.1. The van der Waals surface area contributed by atoms with Crippen molar-refractivity contribution in [1.29, 1.82) is 0 Å². The van der Waals surface area contributed by atoms with Crippen LogP contribution < -0.4 is 38.4 Å². The highest BCUT2D eigenvalue weighted by atomic mass is 31.3. The number of nitrogen functional groups attached to an aromatic ring is 1. The number of carbonyl (C=O) groups excluding carboxylic acids is 1. The van der Waals surface area contributed by atoms with E-state index in [0.29, 0.717) is 9.13 Å². The fourth-order valence-corrected chi connectivity index (χ4v) is 12.0. The van der Waals surface area contributed by atoms with Gasteiger partial charge in [0.2, 0.25) is 24.4 Å². The Hall–Kier alpha value is -4.68. The van der Waals surface area contributed by atoms with Gasteiger partial charge in [0.1, 0.15) is 42.7 Å². The molecule has 3 fully saturated rings. The Bertz CT molecular complexity index is 3290. The van der Waals surface area contributed by atoms with Crippen LogP contribution in [0, 0.1) is 5.92 Å². The number of nitrogens with one attached hydrogen (secondary N) is 3. The number of aromatic nitrogens is 8. The number of aliphatic hydroxyl groups excluding tert-OH is 3. The van der Waals surface area contributed by atoms with Crippen LogP contribution in [0.3, 0.4) is 0 Å². The number of ether oxygens (including phenoxy) is 4. The van der Waals surface area contributed by atoms with Crippen LogP contribution in [0.25, 0.3) is 11.2 Å². The van der Waals surface area contributed by atoms with E-state index in [1.54, 1.807) is 0 Å². The number of imidazole rings is 1. The lowest BCUT2D eigenvalue weighted by atomic mass is 9.94. The average molecular weight is 1150 g/mol. The third-order valence-corrected chi connectivity index (χ3v) is 16.3. The van der Waals surface area contributed by atoms with E-state index in [4.69, 9.17) is 47.1 Å². The number of carbonyl (C=O) groups is 1. The maximum absolute atomic E-state index is 13.7. The summed E-state index contributed by atoms with van der Waals surface area (Å²) in [6.45, 7) is -3.10. The summed E-state index contributed by atoms with van der Waals surface area (Å²) in [5.74, 6) is -1.88. The minimum atomic E-state index is -5.95. The van der Waals surface area contributed by atoms with E-state index >= 15 is 0 Å². The molecule has 0 spiro atoms. The molecule has 0 radical (unpaired) electrons. The van der Waals surface area contributed by atoms with Gasteiger partial charge in [-0.1, -0.05) is 0 Å². The molecule has 7 rings (SSSR count). The monoisotopic (exact) mass is 1150 g/mol. The molecule has 75 heavy (non-hydrogen) atoms. The predicted molar refractivity (Wildman–Crippen MR) is 248 cm³/mol. The zero-order valence-electron chi connectivity index (χ0n) is 38.5. The van der Waals surface area contributed by atoms with Crippen LogP contribution in [-0.4, -0.2) is 172 Å². The van der Waals surface area contributed by atoms with E-state index in [1.807, 2.05) is 9.97 Å². The first kappa shape index (κ1) is 58.0. The normalized spacial score (nSPS) is 30.2. The van der Waals surface area contributed by atoms with E-state index in [9.17, 15) is 77.0 Å². The van der Waals surface area contributed by atoms with Crippen molar-refractivity contribution in [3.63, 3.8) is 0 Å². The van der Waals surface area contributed by atoms with Gasteiger partial charge in [0, 0.05) is 58.1 Å². The SMILES string of the molecule is [BH3-]P(=O)(OC[C@H]1O[C@@H](n2c[n+](C)c3c(=O)[nH]c(N)nc32)[C@H](O)[C@@H]1CC(=O)N(C)C)OP(=O)(O)OP(=O)(O)OC[C@H]1O[C@@H](n2ccc(=O)[nH]c2=O)[C@H](OC)[C@@H]1OP(=O)(O)OC[C@H]1O[C@@H](n2ccc(=O)[nH]c2=O)[C@H](O)[C@@H]1O. The number of hydrogen-bond acceptors (Lipinski definition) is 25. The Morgan fingerprint density at radius 3 is 1.91 bits per heavy atom. The Kier molecular flexibility index (Phi) is 17.3. The molecule has 7 heterocycles. The molecule has 1 amide bonds. The number of nitrogens with two attached hydrogens (primary N) is 1. The quantitative estimate of drug-likeness (QED) is 0.0211. The number of hydrogen-bond donors (Lipinski definition) is 10. The maximum Gasteiger partial charge on any atom is 0.485 e. The topological polar surface area (TPSA) is 493 Å². The molecule has 4 aromatic rings. The second-order valence-electron chi connectivity index (χ2n) is 16.6. The van der Waals surface area contributed by atoms with Crippen LogP contribution in [0.1, 0.15) is 25.1 Å². The third-order valence-electron chi connectivity index (χ3n) is 11.4. The first-order chi connectivity index (χ1) is 34.9. The molecule has 3 aliphatic rings. The molecule has 11 N–H and O–H groups in total. The molecular weight excluding hydrogens is 1100 g/mol. The van der Waals surface area contributed by atoms with Crippen LogP contribution in [0.15, 0.2) is 54.8 Å². The summed E-state index contributed by atoms with van der Waals surface area (Å²) in [6, 6.07) is 1.79. The molecule has 0 bridgehead atoms. The zero-order chi connectivity index (χ0) is 55.3. The highest BCUT2D eigenvalue weighted by Crippen LogP contribution is 2.68. The van der Waals surface area contributed by atoms with Crippen LogP contribution in [-0.2, 0) is 75.8 Å². The van der Waals surface area contributed by atoms with Crippen LogP contribution in [0.5, 0.6) is 0 Å². The molecule has 41 heteroatoms. The molecule has 4 aromatic heterocycles. The molecule has 0 aromatic carbocycles. The highest BCUT2D eigenvalue weighted by molar-refractivity contribution is 7.84. The van der Waals surface area contributed by atoms with Crippen LogP contribution >= 0.6 is 30.9 Å². The first-order valence-corrected chi connectivity index (χ1v) is 26.8. The van der Waals surface area contributed by atoms with Gasteiger partial charge in [-0.2, -0.15) is 13.9 Å². The smallest absolute Gasteiger partial charge is 0.387 e. The summed E-state index contributed by atoms with van der Waals surface area (Å²) in [5, 5.41) is 32.7. The minimum Gasteiger partial charge on any atom is -0.387 e. The standard InChI is InChI=1S/C34H51BN10O26P4/c1-41(2)20(48)9-14-15(66-29(22(14)49)45-13-42(3)21-27(45)39-32(36)40-28(21)52)10-63-72(35,55)70-75(60,61)71-74(58,59)65-12-17-25(26(62-4)31(68-17)44-8-6-19(47)38-34(44)54)69-73(56,57)64-11-16-23(50)24(51)30(67-16)43-7-5-18(46)37-33(43)53/h5-8,13-17,22-26,29-31,49-51H,9-12H2,1-4,35H3,(H,56,57)(H,58,59)(H,60,61)(H,37,46,53)(H,38,47,54)(H3,36,39,40,52)/t14-,15-,16-,17-,22-,23-,24-,25-,26-,29-,30-,31-,72?/m1/s1. The van der Waals surface area contributed by atoms with Crippen molar-refractivity contribution in [2.45, 2.75) is 73.9 Å². The van der Waals surface area contributed by atoms with Crippen molar-refractivity contribution in [1.82, 2.24) is 38.5 Å². The largest absolute Gasteiger partial charge is 0.485 e. The van der Waals surface area contributed by atoms with Gasteiger partial charge in [-0.15, -0.1) is 0 Å². The summed E-state index contributed by atoms with van der Waals surface area (Å²) in [7, 11) is -18.4. The summed E-state index contributed by atoms with van der Waals surface area (Å²) in [6.07, 6.45) is -15.6. The van der Waals surface area contributed by atoms with Gasteiger partial charge in [-0.05, 0) is 0 Å². The van der Waals surface area contributed by atoms with E-state index in [1.165, 1.54) is 41.5 Å². The van der Waals surface area contributed by atoms with Crippen molar-refractivity contribution >= 4 is 61.5 Å². The highest BCUT2D eigenvalue weighted by Gasteiger charge is 2.53. The lowest BCUT2D eigenvalue weighted by Gasteiger charge is -2.27. The third kappa shape index (κ3) is 13.2. The molecular formula is C34H51BN10O26P4. The van der Waals surface area contributed by atoms with Crippen LogP contribution in [0.4, 0.5) is 5.95 Å². The van der Waals surface area contributed by atoms with Gasteiger partial charge in [-0.3, -0.25) is 56.8 Å². The lowest BCUT2D eigenvalue weighted by Crippen LogP contribution is -2.40. The van der Waals surface area contributed by atoms with E-state index < -0.39 is 166 Å². The van der Waals surface area contributed by atoms with E-state index in [0.717, 1.165) is 31.6 Å². The number of rotatable bonds is 21. The molecule has 0 saturated carbocycles. The molecule has 0 aliphatic carbocycles. The number of aromatic amines is 3. The summed E-state index contributed by atoms with van der Waals surface area (Å²) < 4.78 is 110. The van der Waals surface area contributed by atoms with Gasteiger partial charge in [0.05, 0.1) is 40.5 Å². The predicted octanol–water partition coefficient (Wildman–Crippen LogP) is -5.64. The number of amides is 1. The van der Waals surface area contributed by atoms with Gasteiger partial charge < -0.3 is 68.7 Å². The molecule has 36 nitrogen and oxygen atoms in total. The van der Waals surface area contributed by atoms with E-state index in [2.05, 4.69) is 14.3 Å². The fraction of sp³-hybridized carbons (Fsp3) is 0.588. The minimum absolute atomic E-state index is 0.0262.